The zero-order valence-corrected chi connectivity index (χ0v) is 13.6. The number of rotatable bonds is 6. The van der Waals surface area contributed by atoms with E-state index < -0.39 is 0 Å². The van der Waals surface area contributed by atoms with Gasteiger partial charge in [-0.2, -0.15) is 0 Å². The van der Waals surface area contributed by atoms with Crippen molar-refractivity contribution in [1.29, 1.82) is 0 Å². The van der Waals surface area contributed by atoms with E-state index >= 15 is 0 Å². The molecule has 1 aliphatic carbocycles. The number of amides is 1. The second-order valence-electron chi connectivity index (χ2n) is 4.83. The molecular formula is C13H25ClN2O3S. The number of methoxy groups -OCH3 is 1. The molecule has 0 aromatic heterocycles. The Morgan fingerprint density at radius 1 is 1.30 bits per heavy atom. The van der Waals surface area contributed by atoms with Gasteiger partial charge in [0.2, 0.25) is 5.91 Å². The van der Waals surface area contributed by atoms with E-state index in [0.29, 0.717) is 18.1 Å². The van der Waals surface area contributed by atoms with Crippen LogP contribution in [-0.2, 0) is 14.3 Å². The summed E-state index contributed by atoms with van der Waals surface area (Å²) in [6.07, 6.45) is 5.22. The summed E-state index contributed by atoms with van der Waals surface area (Å²) in [6, 6.07) is -0.00905. The van der Waals surface area contributed by atoms with E-state index in [-0.39, 0.29) is 36.2 Å². The molecule has 0 heterocycles. The third-order valence-electron chi connectivity index (χ3n) is 3.40. The van der Waals surface area contributed by atoms with Gasteiger partial charge >= 0.3 is 5.97 Å². The second-order valence-corrected chi connectivity index (χ2v) is 5.93. The zero-order chi connectivity index (χ0) is 14.1. The van der Waals surface area contributed by atoms with E-state index in [4.69, 9.17) is 5.73 Å². The lowest BCUT2D eigenvalue weighted by Crippen LogP contribution is -2.42. The van der Waals surface area contributed by atoms with Gasteiger partial charge in [0.05, 0.1) is 18.8 Å². The monoisotopic (exact) mass is 324 g/mol. The van der Waals surface area contributed by atoms with Gasteiger partial charge in [0.1, 0.15) is 0 Å². The first kappa shape index (κ1) is 19.5. The van der Waals surface area contributed by atoms with Crippen molar-refractivity contribution >= 4 is 36.0 Å². The lowest BCUT2D eigenvalue weighted by atomic mass is 9.95. The molecule has 1 fully saturated rings. The molecule has 0 aliphatic heterocycles. The minimum Gasteiger partial charge on any atom is -0.468 e. The standard InChI is InChI=1S/C13H24N2O3S.ClH/c1-18-12(16)9-19-8-7-15-13(17)10-5-3-2-4-6-11(10)14;/h10-11H,2-9,14H2,1H3,(H,15,17);1H. The highest BCUT2D eigenvalue weighted by molar-refractivity contribution is 7.99. The molecule has 20 heavy (non-hydrogen) atoms. The molecule has 0 bridgehead atoms. The first-order valence-electron chi connectivity index (χ1n) is 6.83. The fraction of sp³-hybridized carbons (Fsp3) is 0.846. The van der Waals surface area contributed by atoms with Gasteiger partial charge in [-0.15, -0.1) is 24.2 Å². The highest BCUT2D eigenvalue weighted by atomic mass is 35.5. The van der Waals surface area contributed by atoms with E-state index in [1.54, 1.807) is 0 Å². The normalized spacial score (nSPS) is 22.3. The number of halogens is 1. The summed E-state index contributed by atoms with van der Waals surface area (Å²) >= 11 is 1.46. The van der Waals surface area contributed by atoms with E-state index in [0.717, 1.165) is 25.7 Å². The molecule has 118 valence electrons. The quantitative estimate of drug-likeness (QED) is 0.438. The van der Waals surface area contributed by atoms with Crippen LogP contribution in [0.15, 0.2) is 0 Å². The Balaban J connectivity index is 0.00000361. The molecule has 0 saturated heterocycles. The molecule has 7 heteroatoms. The largest absolute Gasteiger partial charge is 0.468 e. The van der Waals surface area contributed by atoms with Crippen LogP contribution in [0.1, 0.15) is 32.1 Å². The number of esters is 1. The van der Waals surface area contributed by atoms with Gasteiger partial charge in [-0.1, -0.05) is 19.3 Å². The van der Waals surface area contributed by atoms with Gasteiger partial charge < -0.3 is 15.8 Å². The number of ether oxygens (including phenoxy) is 1. The fourth-order valence-electron chi connectivity index (χ4n) is 2.25. The first-order chi connectivity index (χ1) is 9.15. The van der Waals surface area contributed by atoms with Crippen molar-refractivity contribution < 1.29 is 14.3 Å². The van der Waals surface area contributed by atoms with E-state index in [2.05, 4.69) is 10.1 Å². The number of nitrogens with two attached hydrogens (primary N) is 1. The summed E-state index contributed by atoms with van der Waals surface area (Å²) < 4.78 is 4.54. The van der Waals surface area contributed by atoms with Crippen molar-refractivity contribution in [1.82, 2.24) is 5.32 Å². The predicted molar refractivity (Wildman–Crippen MR) is 84.1 cm³/mol. The van der Waals surface area contributed by atoms with Gasteiger partial charge in [-0.25, -0.2) is 0 Å². The minimum atomic E-state index is -0.234. The Morgan fingerprint density at radius 3 is 2.70 bits per heavy atom. The molecule has 5 nitrogen and oxygen atoms in total. The van der Waals surface area contributed by atoms with Crippen LogP contribution in [0.2, 0.25) is 0 Å². The number of nitrogens with one attached hydrogen (secondary N) is 1. The van der Waals surface area contributed by atoms with Gasteiger partial charge in [0.15, 0.2) is 0 Å². The van der Waals surface area contributed by atoms with Gasteiger partial charge in [-0.05, 0) is 12.8 Å². The number of thioether (sulfide) groups is 1. The van der Waals surface area contributed by atoms with Crippen molar-refractivity contribution in [3.05, 3.63) is 0 Å². The van der Waals surface area contributed by atoms with E-state index in [9.17, 15) is 9.59 Å². The maximum atomic E-state index is 12.0. The molecule has 2 atom stereocenters. The Hall–Kier alpha value is -0.460. The number of hydrogen-bond donors (Lipinski definition) is 2. The highest BCUT2D eigenvalue weighted by Gasteiger charge is 2.26. The summed E-state index contributed by atoms with van der Waals surface area (Å²) in [4.78, 5) is 22.9. The van der Waals surface area contributed by atoms with Gasteiger partial charge in [0, 0.05) is 18.3 Å². The lowest BCUT2D eigenvalue weighted by Gasteiger charge is -2.20. The van der Waals surface area contributed by atoms with Gasteiger partial charge in [-0.3, -0.25) is 9.59 Å². The fourth-order valence-corrected chi connectivity index (χ4v) is 2.93. The molecule has 2 unspecified atom stereocenters. The number of carbonyl (C=O) groups excluding carboxylic acids is 2. The van der Waals surface area contributed by atoms with Gasteiger partial charge in [0.25, 0.3) is 0 Å². The third-order valence-corrected chi connectivity index (χ3v) is 4.33. The molecule has 1 aliphatic rings. The van der Waals surface area contributed by atoms with Crippen molar-refractivity contribution in [2.24, 2.45) is 11.7 Å². The van der Waals surface area contributed by atoms with Crippen molar-refractivity contribution in [3.8, 4) is 0 Å². The topological polar surface area (TPSA) is 81.4 Å². The molecule has 3 N–H and O–H groups in total. The molecule has 1 rings (SSSR count). The average Bonchev–Trinajstić information content (AvgIpc) is 2.62. The maximum Gasteiger partial charge on any atom is 0.315 e. The molecule has 0 spiro atoms. The summed E-state index contributed by atoms with van der Waals surface area (Å²) in [6.45, 7) is 0.573. The van der Waals surface area contributed by atoms with Crippen LogP contribution < -0.4 is 11.1 Å². The second kappa shape index (κ2) is 11.2. The smallest absolute Gasteiger partial charge is 0.315 e. The summed E-state index contributed by atoms with van der Waals surface area (Å²) in [5.41, 5.74) is 6.04. The summed E-state index contributed by atoms with van der Waals surface area (Å²) in [7, 11) is 1.37. The lowest BCUT2D eigenvalue weighted by molar-refractivity contribution is -0.137. The minimum absolute atomic E-state index is 0. The Bertz CT molecular complexity index is 305. The van der Waals surface area contributed by atoms with Crippen LogP contribution in [0.3, 0.4) is 0 Å². The highest BCUT2D eigenvalue weighted by Crippen LogP contribution is 2.22. The number of hydrogen-bond acceptors (Lipinski definition) is 5. The van der Waals surface area contributed by atoms with Crippen LogP contribution in [0.4, 0.5) is 0 Å². The average molecular weight is 325 g/mol. The molecule has 0 aromatic carbocycles. The van der Waals surface area contributed by atoms with E-state index in [1.165, 1.54) is 25.3 Å². The van der Waals surface area contributed by atoms with E-state index in [1.807, 2.05) is 0 Å². The Morgan fingerprint density at radius 2 is 2.00 bits per heavy atom. The maximum absolute atomic E-state index is 12.0. The van der Waals surface area contributed by atoms with Crippen molar-refractivity contribution in [2.45, 2.75) is 38.1 Å². The molecule has 0 radical (unpaired) electrons. The predicted octanol–water partition coefficient (Wildman–Crippen LogP) is 1.34. The van der Waals surface area contributed by atoms with Crippen LogP contribution in [0.25, 0.3) is 0 Å². The first-order valence-corrected chi connectivity index (χ1v) is 7.98. The Labute approximate surface area is 131 Å². The molecule has 1 amide bonds. The van der Waals surface area contributed by atoms with Crippen molar-refractivity contribution in [2.75, 3.05) is 25.2 Å². The third kappa shape index (κ3) is 7.36. The zero-order valence-electron chi connectivity index (χ0n) is 11.9. The number of carbonyl (C=O) groups is 2. The molecular weight excluding hydrogens is 300 g/mol. The van der Waals surface area contributed by atoms with Crippen LogP contribution in [0, 0.1) is 5.92 Å². The summed E-state index contributed by atoms with van der Waals surface area (Å²) in [5, 5.41) is 2.91. The van der Waals surface area contributed by atoms with Crippen LogP contribution in [-0.4, -0.2) is 43.1 Å². The summed E-state index contributed by atoms with van der Waals surface area (Å²) in [5.74, 6) is 0.821. The molecule has 0 aromatic rings. The van der Waals surface area contributed by atoms with Crippen molar-refractivity contribution in [3.63, 3.8) is 0 Å². The molecule has 1 saturated carbocycles. The Kier molecular flexibility index (Phi) is 11.0. The van der Waals surface area contributed by atoms with Crippen LogP contribution in [0.5, 0.6) is 0 Å². The van der Waals surface area contributed by atoms with Crippen LogP contribution >= 0.6 is 24.2 Å². The SMILES string of the molecule is COC(=O)CSCCNC(=O)C1CCCCCC1N.Cl.